The van der Waals surface area contributed by atoms with Gasteiger partial charge in [0.2, 0.25) is 5.95 Å². The number of piperidine rings is 1. The average Bonchev–Trinajstić information content (AvgIpc) is 3.40. The zero-order valence-electron chi connectivity index (χ0n) is 16.6. The summed E-state index contributed by atoms with van der Waals surface area (Å²) in [5.74, 6) is 1.52. The van der Waals surface area contributed by atoms with E-state index in [0.717, 1.165) is 37.7 Å². The van der Waals surface area contributed by atoms with Gasteiger partial charge in [-0.3, -0.25) is 0 Å². The summed E-state index contributed by atoms with van der Waals surface area (Å²) in [5, 5.41) is 16.8. The molecule has 2 aromatic rings. The molecule has 1 saturated carbocycles. The Hall–Kier alpha value is -2.43. The number of hydrogen-bond acceptors (Lipinski definition) is 6. The Morgan fingerprint density at radius 2 is 2.03 bits per heavy atom. The van der Waals surface area contributed by atoms with E-state index in [2.05, 4.69) is 43.5 Å². The van der Waals surface area contributed by atoms with Crippen molar-refractivity contribution in [2.45, 2.75) is 31.7 Å². The van der Waals surface area contributed by atoms with Gasteiger partial charge in [-0.15, -0.1) is 0 Å². The zero-order valence-corrected chi connectivity index (χ0v) is 17.4. The van der Waals surface area contributed by atoms with Crippen LogP contribution < -0.4 is 15.5 Å². The summed E-state index contributed by atoms with van der Waals surface area (Å²) >= 11 is 6.77. The van der Waals surface area contributed by atoms with Gasteiger partial charge in [-0.05, 0) is 58.0 Å². The fraction of sp³-hybridized carbons (Fsp3) is 0.524. The molecular weight excluding hydrogens is 386 g/mol. The first-order valence-corrected chi connectivity index (χ1v) is 10.7. The number of H-pyrrole nitrogens is 1. The van der Waals surface area contributed by atoms with Crippen molar-refractivity contribution < 1.29 is 0 Å². The maximum atomic E-state index is 9.52. The van der Waals surface area contributed by atoms with Gasteiger partial charge >= 0.3 is 0 Å². The Morgan fingerprint density at radius 3 is 2.72 bits per heavy atom. The summed E-state index contributed by atoms with van der Waals surface area (Å²) in [4.78, 5) is 12.3. The lowest BCUT2D eigenvalue weighted by Gasteiger charge is -2.55. The zero-order chi connectivity index (χ0) is 20.0. The van der Waals surface area contributed by atoms with Crippen molar-refractivity contribution in [3.8, 4) is 6.07 Å². The maximum Gasteiger partial charge on any atom is 0.206 e. The van der Waals surface area contributed by atoms with Crippen LogP contribution in [0.3, 0.4) is 0 Å². The summed E-state index contributed by atoms with van der Waals surface area (Å²) < 4.78 is 0. The predicted octanol–water partition coefficient (Wildman–Crippen LogP) is 3.78. The van der Waals surface area contributed by atoms with Gasteiger partial charge in [0.25, 0.3) is 0 Å². The second kappa shape index (κ2) is 7.12. The number of benzene rings is 1. The number of anilines is 4. The fourth-order valence-electron chi connectivity index (χ4n) is 4.37. The molecule has 5 rings (SSSR count). The van der Waals surface area contributed by atoms with E-state index in [1.807, 2.05) is 6.07 Å². The number of nitrogens with one attached hydrogen (secondary N) is 3. The van der Waals surface area contributed by atoms with Crippen LogP contribution in [0.5, 0.6) is 0 Å². The Bertz CT molecular complexity index is 942. The molecule has 3 aliphatic rings. The lowest BCUT2D eigenvalue weighted by atomic mass is 9.72. The van der Waals surface area contributed by atoms with Crippen LogP contribution in [-0.2, 0) is 0 Å². The van der Waals surface area contributed by atoms with E-state index in [-0.39, 0.29) is 0 Å². The molecule has 1 aromatic heterocycles. The first-order chi connectivity index (χ1) is 14.0. The van der Waals surface area contributed by atoms with Crippen LogP contribution in [0.2, 0.25) is 5.02 Å². The highest BCUT2D eigenvalue weighted by atomic mass is 35.5. The van der Waals surface area contributed by atoms with Crippen molar-refractivity contribution in [1.82, 2.24) is 14.9 Å². The molecule has 8 heteroatoms. The maximum absolute atomic E-state index is 9.52. The third-order valence-corrected chi connectivity index (χ3v) is 6.79. The Kier molecular flexibility index (Phi) is 4.56. The molecule has 1 spiro atoms. The van der Waals surface area contributed by atoms with Gasteiger partial charge in [0, 0.05) is 24.5 Å². The van der Waals surface area contributed by atoms with Crippen LogP contribution in [0, 0.1) is 16.7 Å². The summed E-state index contributed by atoms with van der Waals surface area (Å²) in [6.07, 6.45) is 6.64. The van der Waals surface area contributed by atoms with Gasteiger partial charge in [0.05, 0.1) is 34.2 Å². The van der Waals surface area contributed by atoms with Crippen LogP contribution in [0.15, 0.2) is 18.3 Å². The third-order valence-electron chi connectivity index (χ3n) is 6.39. The van der Waals surface area contributed by atoms with Gasteiger partial charge in [-0.1, -0.05) is 11.6 Å². The summed E-state index contributed by atoms with van der Waals surface area (Å²) in [5.41, 5.74) is 2.63. The van der Waals surface area contributed by atoms with Crippen LogP contribution in [-0.4, -0.2) is 54.1 Å². The average molecular weight is 412 g/mol. The molecule has 0 amide bonds. The van der Waals surface area contributed by atoms with Crippen molar-refractivity contribution in [3.05, 3.63) is 28.9 Å². The minimum absolute atomic E-state index is 0.399. The molecule has 0 unspecified atom stereocenters. The van der Waals surface area contributed by atoms with Gasteiger partial charge in [0.15, 0.2) is 0 Å². The Balaban J connectivity index is 1.34. The molecule has 2 aliphatic heterocycles. The molecule has 29 heavy (non-hydrogen) atoms. The minimum atomic E-state index is 0.399. The summed E-state index contributed by atoms with van der Waals surface area (Å²) in [6.45, 7) is 4.32. The number of aromatic amines is 1. The number of likely N-dealkylation sites (tertiary alicyclic amines) is 1. The second-order valence-corrected chi connectivity index (χ2v) is 9.20. The van der Waals surface area contributed by atoms with Gasteiger partial charge in [-0.2, -0.15) is 5.26 Å². The molecular formula is C21H26ClN7. The van der Waals surface area contributed by atoms with Crippen LogP contribution in [0.1, 0.15) is 31.2 Å². The topological polar surface area (TPSA) is 83.0 Å². The highest BCUT2D eigenvalue weighted by Crippen LogP contribution is 2.46. The molecule has 0 atom stereocenters. The van der Waals surface area contributed by atoms with E-state index in [9.17, 15) is 5.26 Å². The van der Waals surface area contributed by atoms with E-state index in [1.54, 1.807) is 12.3 Å². The van der Waals surface area contributed by atoms with Crippen LogP contribution in [0.4, 0.5) is 23.1 Å². The number of halogens is 1. The first-order valence-electron chi connectivity index (χ1n) is 10.3. The summed E-state index contributed by atoms with van der Waals surface area (Å²) in [7, 11) is 2.19. The van der Waals surface area contributed by atoms with E-state index in [1.165, 1.54) is 25.7 Å². The quantitative estimate of drug-likeness (QED) is 0.694. The smallest absolute Gasteiger partial charge is 0.206 e. The fourth-order valence-corrected chi connectivity index (χ4v) is 4.65. The van der Waals surface area contributed by atoms with Gasteiger partial charge in [-0.25, -0.2) is 4.98 Å². The third kappa shape index (κ3) is 3.75. The lowest BCUT2D eigenvalue weighted by molar-refractivity contribution is 0.0906. The highest BCUT2D eigenvalue weighted by Gasteiger charge is 2.45. The van der Waals surface area contributed by atoms with Crippen molar-refractivity contribution in [1.29, 1.82) is 5.26 Å². The van der Waals surface area contributed by atoms with Gasteiger partial charge in [0.1, 0.15) is 5.82 Å². The van der Waals surface area contributed by atoms with E-state index < -0.39 is 0 Å². The largest absolute Gasteiger partial charge is 0.369 e. The summed E-state index contributed by atoms with van der Waals surface area (Å²) in [6, 6.07) is 6.51. The molecule has 0 radical (unpaired) electrons. The van der Waals surface area contributed by atoms with E-state index >= 15 is 0 Å². The molecule has 1 aliphatic carbocycles. The molecule has 3 heterocycles. The van der Waals surface area contributed by atoms with E-state index in [4.69, 9.17) is 11.6 Å². The SMILES string of the molecule is CN1CCC2(CC1)CN(c1cc(C#N)cc(Nc3ncc(NC4CC4)[nH]3)c1Cl)C2. The minimum Gasteiger partial charge on any atom is -0.369 e. The molecule has 3 N–H and O–H groups in total. The van der Waals surface area contributed by atoms with Crippen molar-refractivity contribution in [2.24, 2.45) is 5.41 Å². The number of hydrogen-bond donors (Lipinski definition) is 3. The van der Waals surface area contributed by atoms with Crippen molar-refractivity contribution in [2.75, 3.05) is 48.8 Å². The number of imidazole rings is 1. The van der Waals surface area contributed by atoms with Crippen LogP contribution >= 0.6 is 11.6 Å². The van der Waals surface area contributed by atoms with Gasteiger partial charge < -0.3 is 25.4 Å². The number of aromatic nitrogens is 2. The Labute approximate surface area is 176 Å². The monoisotopic (exact) mass is 411 g/mol. The van der Waals surface area contributed by atoms with Crippen molar-refractivity contribution >= 4 is 34.7 Å². The predicted molar refractivity (Wildman–Crippen MR) is 116 cm³/mol. The standard InChI is InChI=1S/C21H26ClN7/c1-28-6-4-21(5-7-28)12-29(13-21)17-9-14(10-23)8-16(19(17)22)26-20-24-11-18(27-20)25-15-2-3-15/h8-9,11,15,25H,2-7,12-13H2,1H3,(H2,24,26,27). The van der Waals surface area contributed by atoms with Crippen LogP contribution in [0.25, 0.3) is 0 Å². The molecule has 152 valence electrons. The number of nitriles is 1. The molecule has 3 fully saturated rings. The highest BCUT2D eigenvalue weighted by molar-refractivity contribution is 6.36. The number of rotatable bonds is 5. The molecule has 0 bridgehead atoms. The molecule has 2 saturated heterocycles. The lowest BCUT2D eigenvalue weighted by Crippen LogP contribution is -2.60. The Morgan fingerprint density at radius 1 is 1.28 bits per heavy atom. The van der Waals surface area contributed by atoms with Crippen molar-refractivity contribution in [3.63, 3.8) is 0 Å². The van der Waals surface area contributed by atoms with E-state index in [0.29, 0.717) is 33.7 Å². The molecule has 7 nitrogen and oxygen atoms in total. The normalized spacial score (nSPS) is 20.9. The first kappa shape index (κ1) is 18.6. The second-order valence-electron chi connectivity index (χ2n) is 8.82. The molecule has 1 aromatic carbocycles. The number of nitrogens with zero attached hydrogens (tertiary/aromatic N) is 4.